The summed E-state index contributed by atoms with van der Waals surface area (Å²) in [5.41, 5.74) is 1.30. The lowest BCUT2D eigenvalue weighted by atomic mass is 10.2. The average molecular weight is 321 g/mol. The minimum atomic E-state index is -0.561. The van der Waals surface area contributed by atoms with Gasteiger partial charge in [-0.25, -0.2) is 4.79 Å². The minimum Gasteiger partial charge on any atom is -0.478 e. The molecule has 1 amide bonds. The van der Waals surface area contributed by atoms with E-state index < -0.39 is 6.09 Å². The van der Waals surface area contributed by atoms with Gasteiger partial charge in [0.15, 0.2) is 0 Å². The maximum Gasteiger partial charge on any atom is 0.417 e. The van der Waals surface area contributed by atoms with Crippen LogP contribution in [0, 0.1) is 5.41 Å². The molecule has 6 heteroatoms. The zero-order valence-electron chi connectivity index (χ0n) is 12.0. The number of rotatable bonds is 4. The van der Waals surface area contributed by atoms with E-state index in [-0.39, 0.29) is 18.3 Å². The Morgan fingerprint density at radius 3 is 2.32 bits per heavy atom. The van der Waals surface area contributed by atoms with E-state index in [0.717, 1.165) is 0 Å². The fraction of sp³-hybridized carbons (Fsp3) is 0.125. The van der Waals surface area contributed by atoms with Gasteiger partial charge in [-0.3, -0.25) is 10.7 Å². The summed E-state index contributed by atoms with van der Waals surface area (Å²) < 4.78 is 10.2. The molecule has 2 N–H and O–H groups in total. The van der Waals surface area contributed by atoms with Crippen molar-refractivity contribution in [2.24, 2.45) is 0 Å². The smallest absolute Gasteiger partial charge is 0.417 e. The van der Waals surface area contributed by atoms with Crippen LogP contribution in [0.15, 0.2) is 54.6 Å². The quantitative estimate of drug-likeness (QED) is 0.658. The molecule has 0 heterocycles. The van der Waals surface area contributed by atoms with Gasteiger partial charge in [0.05, 0.1) is 6.61 Å². The zero-order valence-corrected chi connectivity index (χ0v) is 12.9. The van der Waals surface area contributed by atoms with E-state index in [4.69, 9.17) is 14.9 Å². The van der Waals surface area contributed by atoms with E-state index in [2.05, 4.69) is 5.32 Å². The second-order valence-electron chi connectivity index (χ2n) is 4.17. The number of carbonyl (C=O) groups excluding carboxylic acids is 1. The molecule has 0 atom stereocenters. The van der Waals surface area contributed by atoms with Crippen LogP contribution in [-0.4, -0.2) is 18.6 Å². The highest BCUT2D eigenvalue weighted by molar-refractivity contribution is 5.92. The van der Waals surface area contributed by atoms with Crippen LogP contribution < -0.4 is 10.1 Å². The highest BCUT2D eigenvalue weighted by Gasteiger charge is 2.06. The van der Waals surface area contributed by atoms with Crippen molar-refractivity contribution in [2.45, 2.75) is 6.92 Å². The van der Waals surface area contributed by atoms with Gasteiger partial charge in [-0.05, 0) is 43.3 Å². The number of benzene rings is 2. The van der Waals surface area contributed by atoms with Crippen molar-refractivity contribution in [2.75, 3.05) is 11.9 Å². The number of nitrogens with one attached hydrogen (secondary N) is 2. The molecular weight excluding hydrogens is 304 g/mol. The first kappa shape index (κ1) is 17.5. The Balaban J connectivity index is 0.00000242. The third-order valence-corrected chi connectivity index (χ3v) is 2.64. The van der Waals surface area contributed by atoms with Crippen LogP contribution in [0.2, 0.25) is 0 Å². The van der Waals surface area contributed by atoms with Gasteiger partial charge in [-0.2, -0.15) is 0 Å². The Kier molecular flexibility index (Phi) is 6.92. The van der Waals surface area contributed by atoms with Crippen molar-refractivity contribution in [3.63, 3.8) is 0 Å². The lowest BCUT2D eigenvalue weighted by molar-refractivity contribution is 0.215. The Morgan fingerprint density at radius 1 is 1.09 bits per heavy atom. The molecule has 2 rings (SSSR count). The third-order valence-electron chi connectivity index (χ3n) is 2.64. The van der Waals surface area contributed by atoms with Gasteiger partial charge < -0.3 is 9.47 Å². The van der Waals surface area contributed by atoms with Crippen LogP contribution in [0.4, 0.5) is 10.5 Å². The predicted octanol–water partition coefficient (Wildman–Crippen LogP) is 4.08. The molecule has 0 unspecified atom stereocenters. The summed E-state index contributed by atoms with van der Waals surface area (Å²) in [5, 5.41) is 10.3. The maximum absolute atomic E-state index is 11.7. The number of hydrogen-bond acceptors (Lipinski definition) is 4. The molecule has 0 bridgehead atoms. The molecular formula is C16H17ClN2O3. The predicted molar refractivity (Wildman–Crippen MR) is 88.2 cm³/mol. The molecule has 5 nitrogen and oxygen atoms in total. The van der Waals surface area contributed by atoms with Crippen molar-refractivity contribution < 1.29 is 14.3 Å². The van der Waals surface area contributed by atoms with Crippen molar-refractivity contribution in [1.82, 2.24) is 0 Å². The number of para-hydroxylation sites is 1. The van der Waals surface area contributed by atoms with E-state index in [0.29, 0.717) is 23.6 Å². The molecule has 0 aromatic heterocycles. The van der Waals surface area contributed by atoms with Crippen LogP contribution in [0.5, 0.6) is 5.75 Å². The van der Waals surface area contributed by atoms with E-state index in [1.165, 1.54) is 0 Å². The normalized spacial score (nSPS) is 9.32. The molecule has 0 spiro atoms. The van der Waals surface area contributed by atoms with E-state index in [1.54, 1.807) is 36.4 Å². The maximum atomic E-state index is 11.7. The van der Waals surface area contributed by atoms with Crippen LogP contribution in [0.25, 0.3) is 0 Å². The number of anilines is 1. The van der Waals surface area contributed by atoms with E-state index in [9.17, 15) is 4.79 Å². The van der Waals surface area contributed by atoms with E-state index in [1.807, 2.05) is 25.1 Å². The molecule has 0 saturated heterocycles. The molecule has 0 aliphatic carbocycles. The monoisotopic (exact) mass is 320 g/mol. The van der Waals surface area contributed by atoms with Crippen LogP contribution in [0.1, 0.15) is 12.5 Å². The summed E-state index contributed by atoms with van der Waals surface area (Å²) >= 11 is 0. The molecule has 0 radical (unpaired) electrons. The van der Waals surface area contributed by atoms with Gasteiger partial charge in [-0.15, -0.1) is 12.4 Å². The van der Waals surface area contributed by atoms with Gasteiger partial charge in [0, 0.05) is 11.3 Å². The summed E-state index contributed by atoms with van der Waals surface area (Å²) in [6.45, 7) is 2.26. The summed E-state index contributed by atoms with van der Waals surface area (Å²) in [4.78, 5) is 11.7. The molecule has 116 valence electrons. The Bertz CT molecular complexity index is 615. The molecule has 22 heavy (non-hydrogen) atoms. The number of hydrogen-bond donors (Lipinski definition) is 2. The van der Waals surface area contributed by atoms with Crippen LogP contribution >= 0.6 is 12.4 Å². The van der Waals surface area contributed by atoms with Crippen LogP contribution in [0.3, 0.4) is 0 Å². The van der Waals surface area contributed by atoms with Crippen molar-refractivity contribution >= 4 is 30.1 Å². The van der Waals surface area contributed by atoms with Gasteiger partial charge in [0.1, 0.15) is 5.75 Å². The summed E-state index contributed by atoms with van der Waals surface area (Å²) in [6.07, 6.45) is -0.561. The number of carbonyl (C=O) groups is 1. The minimum absolute atomic E-state index is 0. The summed E-state index contributed by atoms with van der Waals surface area (Å²) in [5.74, 6) is 0.495. The molecule has 0 fully saturated rings. The summed E-state index contributed by atoms with van der Waals surface area (Å²) in [6, 6.07) is 15.6. The lowest BCUT2D eigenvalue weighted by Gasteiger charge is -2.08. The van der Waals surface area contributed by atoms with Crippen LogP contribution in [-0.2, 0) is 4.74 Å². The second-order valence-corrected chi connectivity index (χ2v) is 4.17. The molecule has 0 aliphatic heterocycles. The molecule has 0 saturated carbocycles. The Morgan fingerprint density at radius 2 is 1.73 bits per heavy atom. The third kappa shape index (κ3) is 5.10. The van der Waals surface area contributed by atoms with Crippen molar-refractivity contribution in [3.05, 3.63) is 60.2 Å². The van der Waals surface area contributed by atoms with Gasteiger partial charge >= 0.3 is 6.09 Å². The standard InChI is InChI=1S/C16H16N2O3.ClH/c1-2-20-15(17)12-8-10-14(11-9-12)21-16(19)18-13-6-4-3-5-7-13;/h3-11,17H,2H2,1H3,(H,18,19);1H. The molecule has 2 aromatic carbocycles. The fourth-order valence-corrected chi connectivity index (χ4v) is 1.67. The fourth-order valence-electron chi connectivity index (χ4n) is 1.67. The molecule has 0 aliphatic rings. The molecule has 2 aromatic rings. The first-order chi connectivity index (χ1) is 10.2. The average Bonchev–Trinajstić information content (AvgIpc) is 2.49. The Labute approximate surface area is 135 Å². The number of amides is 1. The van der Waals surface area contributed by atoms with Gasteiger partial charge in [0.25, 0.3) is 0 Å². The largest absolute Gasteiger partial charge is 0.478 e. The van der Waals surface area contributed by atoms with Gasteiger partial charge in [-0.1, -0.05) is 18.2 Å². The van der Waals surface area contributed by atoms with E-state index >= 15 is 0 Å². The summed E-state index contributed by atoms with van der Waals surface area (Å²) in [7, 11) is 0. The van der Waals surface area contributed by atoms with Crippen molar-refractivity contribution in [3.8, 4) is 5.75 Å². The first-order valence-electron chi connectivity index (χ1n) is 6.54. The highest BCUT2D eigenvalue weighted by atomic mass is 35.5. The van der Waals surface area contributed by atoms with Gasteiger partial charge in [0.2, 0.25) is 5.90 Å². The number of halogens is 1. The highest BCUT2D eigenvalue weighted by Crippen LogP contribution is 2.14. The first-order valence-corrected chi connectivity index (χ1v) is 6.54. The lowest BCUT2D eigenvalue weighted by Crippen LogP contribution is -2.16. The Hall–Kier alpha value is -2.53. The zero-order chi connectivity index (χ0) is 15.1. The topological polar surface area (TPSA) is 71.4 Å². The second kappa shape index (κ2) is 8.69. The van der Waals surface area contributed by atoms with Crippen molar-refractivity contribution in [1.29, 1.82) is 5.41 Å². The SMILES string of the molecule is CCOC(=N)c1ccc(OC(=O)Nc2ccccc2)cc1.Cl. The number of ether oxygens (including phenoxy) is 2.